The highest BCUT2D eigenvalue weighted by atomic mass is 32.2. The van der Waals surface area contributed by atoms with Crippen LogP contribution in [0, 0.1) is 0 Å². The van der Waals surface area contributed by atoms with Crippen LogP contribution in [0.5, 0.6) is 0 Å². The van der Waals surface area contributed by atoms with Gasteiger partial charge in [0.1, 0.15) is 0 Å². The second-order valence-electron chi connectivity index (χ2n) is 2.85. The standard InChI is InChI=1S/C7H14O5S/c1-7(9,13(10)11)5-3-4-6(8)12-2/h9H,3-5H2,1-2H3,(H,10,11). The third-order valence-corrected chi connectivity index (χ3v) is 2.58. The second-order valence-corrected chi connectivity index (χ2v) is 4.23. The zero-order valence-electron chi connectivity index (χ0n) is 7.65. The average Bonchev–Trinajstić information content (AvgIpc) is 2.03. The maximum absolute atomic E-state index is 10.6. The zero-order chi connectivity index (χ0) is 10.5. The maximum Gasteiger partial charge on any atom is 0.305 e. The van der Waals surface area contributed by atoms with E-state index in [2.05, 4.69) is 4.74 Å². The number of carbonyl (C=O) groups excluding carboxylic acids is 1. The van der Waals surface area contributed by atoms with Crippen molar-refractivity contribution < 1.29 is 23.4 Å². The summed E-state index contributed by atoms with van der Waals surface area (Å²) in [4.78, 5) is 8.98. The van der Waals surface area contributed by atoms with Gasteiger partial charge in [0.2, 0.25) is 0 Å². The van der Waals surface area contributed by atoms with E-state index in [1.54, 1.807) is 0 Å². The van der Waals surface area contributed by atoms with Crippen molar-refractivity contribution in [3.8, 4) is 0 Å². The van der Waals surface area contributed by atoms with Crippen LogP contribution in [0.1, 0.15) is 26.2 Å². The lowest BCUT2D eigenvalue weighted by Gasteiger charge is -2.17. The summed E-state index contributed by atoms with van der Waals surface area (Å²) in [5.41, 5.74) is 0. The van der Waals surface area contributed by atoms with Crippen LogP contribution >= 0.6 is 0 Å². The SMILES string of the molecule is COC(=O)CCCC(C)(O)S(=O)O. The molecule has 0 aromatic carbocycles. The predicted molar refractivity (Wildman–Crippen MR) is 47.3 cm³/mol. The van der Waals surface area contributed by atoms with Crippen LogP contribution in [0.2, 0.25) is 0 Å². The minimum absolute atomic E-state index is 0.0885. The second kappa shape index (κ2) is 5.31. The van der Waals surface area contributed by atoms with Crippen molar-refractivity contribution in [2.75, 3.05) is 7.11 Å². The van der Waals surface area contributed by atoms with Crippen LogP contribution in [-0.4, -0.2) is 31.9 Å². The lowest BCUT2D eigenvalue weighted by atomic mass is 10.2. The molecule has 0 rings (SSSR count). The van der Waals surface area contributed by atoms with E-state index in [1.807, 2.05) is 0 Å². The Bertz CT molecular complexity index is 201. The largest absolute Gasteiger partial charge is 0.469 e. The molecule has 0 fully saturated rings. The summed E-state index contributed by atoms with van der Waals surface area (Å²) < 4.78 is 23.5. The highest BCUT2D eigenvalue weighted by Gasteiger charge is 2.27. The van der Waals surface area contributed by atoms with Crippen molar-refractivity contribution in [1.82, 2.24) is 0 Å². The Labute approximate surface area is 79.4 Å². The van der Waals surface area contributed by atoms with Crippen molar-refractivity contribution in [1.29, 1.82) is 0 Å². The Morgan fingerprint density at radius 2 is 2.15 bits per heavy atom. The Morgan fingerprint density at radius 3 is 2.54 bits per heavy atom. The number of hydrogen-bond acceptors (Lipinski definition) is 4. The molecule has 0 heterocycles. The van der Waals surface area contributed by atoms with Gasteiger partial charge in [0.25, 0.3) is 0 Å². The zero-order valence-corrected chi connectivity index (χ0v) is 8.47. The van der Waals surface area contributed by atoms with E-state index in [0.717, 1.165) is 0 Å². The normalized spacial score (nSPS) is 17.5. The summed E-state index contributed by atoms with van der Waals surface area (Å²) in [6.45, 7) is 1.25. The molecule has 2 N–H and O–H groups in total. The maximum atomic E-state index is 10.6. The smallest absolute Gasteiger partial charge is 0.305 e. The molecule has 0 bridgehead atoms. The van der Waals surface area contributed by atoms with Gasteiger partial charge in [0.15, 0.2) is 16.0 Å². The topological polar surface area (TPSA) is 83.8 Å². The molecule has 2 unspecified atom stereocenters. The summed E-state index contributed by atoms with van der Waals surface area (Å²) in [7, 11) is 1.27. The molecule has 0 aliphatic heterocycles. The van der Waals surface area contributed by atoms with Crippen molar-refractivity contribution >= 4 is 17.0 Å². The third kappa shape index (κ3) is 4.97. The summed E-state index contributed by atoms with van der Waals surface area (Å²) in [5.74, 6) is -0.389. The van der Waals surface area contributed by atoms with Gasteiger partial charge >= 0.3 is 5.97 Å². The molecule has 0 aliphatic rings. The average molecular weight is 210 g/mol. The van der Waals surface area contributed by atoms with Gasteiger partial charge in [0.05, 0.1) is 7.11 Å². The molecule has 0 aromatic heterocycles. The Kier molecular flexibility index (Phi) is 5.12. The van der Waals surface area contributed by atoms with Gasteiger partial charge in [-0.3, -0.25) is 4.79 Å². The predicted octanol–water partition coefficient (Wildman–Crippen LogP) is 0.260. The van der Waals surface area contributed by atoms with Gasteiger partial charge in [-0.1, -0.05) is 0 Å². The number of rotatable bonds is 5. The van der Waals surface area contributed by atoms with E-state index < -0.39 is 16.0 Å². The number of carbonyl (C=O) groups is 1. The highest BCUT2D eigenvalue weighted by molar-refractivity contribution is 7.80. The lowest BCUT2D eigenvalue weighted by Crippen LogP contribution is -2.29. The van der Waals surface area contributed by atoms with Gasteiger partial charge in [-0.25, -0.2) is 4.21 Å². The van der Waals surface area contributed by atoms with Crippen molar-refractivity contribution in [2.24, 2.45) is 0 Å². The Hall–Kier alpha value is -0.460. The number of esters is 1. The molecule has 0 amide bonds. The van der Waals surface area contributed by atoms with Gasteiger partial charge < -0.3 is 14.4 Å². The molecule has 0 saturated carbocycles. The van der Waals surface area contributed by atoms with E-state index in [1.165, 1.54) is 14.0 Å². The van der Waals surface area contributed by atoms with Gasteiger partial charge in [-0.2, -0.15) is 0 Å². The molecule has 6 heteroatoms. The fraction of sp³-hybridized carbons (Fsp3) is 0.857. The Balaban J connectivity index is 3.76. The van der Waals surface area contributed by atoms with Crippen LogP contribution in [0.15, 0.2) is 0 Å². The molecule has 0 saturated heterocycles. The van der Waals surface area contributed by atoms with Crippen molar-refractivity contribution in [3.63, 3.8) is 0 Å². The van der Waals surface area contributed by atoms with E-state index >= 15 is 0 Å². The molecular weight excluding hydrogens is 196 g/mol. The fourth-order valence-corrected chi connectivity index (χ4v) is 1.07. The Morgan fingerprint density at radius 1 is 1.62 bits per heavy atom. The molecule has 2 atom stereocenters. The first-order chi connectivity index (χ1) is 5.90. The van der Waals surface area contributed by atoms with E-state index in [-0.39, 0.29) is 18.8 Å². The van der Waals surface area contributed by atoms with Crippen LogP contribution in [0.3, 0.4) is 0 Å². The molecule has 0 radical (unpaired) electrons. The van der Waals surface area contributed by atoms with Crippen LogP contribution in [0.25, 0.3) is 0 Å². The van der Waals surface area contributed by atoms with Gasteiger partial charge in [0, 0.05) is 6.42 Å². The van der Waals surface area contributed by atoms with E-state index in [9.17, 15) is 14.1 Å². The van der Waals surface area contributed by atoms with E-state index in [0.29, 0.717) is 6.42 Å². The summed E-state index contributed by atoms with van der Waals surface area (Å²) in [6, 6.07) is 0. The van der Waals surface area contributed by atoms with Gasteiger partial charge in [-0.15, -0.1) is 0 Å². The molecule has 5 nitrogen and oxygen atoms in total. The lowest BCUT2D eigenvalue weighted by molar-refractivity contribution is -0.140. The summed E-state index contributed by atoms with van der Waals surface area (Å²) in [5, 5.41) is 9.28. The van der Waals surface area contributed by atoms with Crippen LogP contribution in [-0.2, 0) is 20.6 Å². The van der Waals surface area contributed by atoms with E-state index in [4.69, 9.17) is 4.55 Å². The quantitative estimate of drug-likeness (QED) is 0.502. The first-order valence-electron chi connectivity index (χ1n) is 3.80. The first kappa shape index (κ1) is 12.5. The minimum atomic E-state index is -2.29. The number of methoxy groups -OCH3 is 1. The fourth-order valence-electron chi connectivity index (χ4n) is 0.750. The van der Waals surface area contributed by atoms with Crippen LogP contribution < -0.4 is 0 Å². The summed E-state index contributed by atoms with van der Waals surface area (Å²) in [6.07, 6.45) is 0.557. The van der Waals surface area contributed by atoms with Crippen molar-refractivity contribution in [2.45, 2.75) is 31.1 Å². The molecule has 0 aromatic rings. The number of aliphatic hydroxyl groups is 1. The first-order valence-corrected chi connectivity index (χ1v) is 4.91. The molecular formula is C7H14O5S. The number of hydrogen-bond donors (Lipinski definition) is 2. The molecule has 78 valence electrons. The highest BCUT2D eigenvalue weighted by Crippen LogP contribution is 2.16. The summed E-state index contributed by atoms with van der Waals surface area (Å²) >= 11 is -2.29. The third-order valence-electron chi connectivity index (χ3n) is 1.63. The molecule has 0 aliphatic carbocycles. The van der Waals surface area contributed by atoms with Crippen LogP contribution in [0.4, 0.5) is 0 Å². The minimum Gasteiger partial charge on any atom is -0.469 e. The number of ether oxygens (including phenoxy) is 1. The van der Waals surface area contributed by atoms with Crippen molar-refractivity contribution in [3.05, 3.63) is 0 Å². The van der Waals surface area contributed by atoms with Gasteiger partial charge in [-0.05, 0) is 19.8 Å². The monoisotopic (exact) mass is 210 g/mol. The molecule has 0 spiro atoms. The molecule has 13 heavy (non-hydrogen) atoms.